The van der Waals surface area contributed by atoms with Gasteiger partial charge in [0.25, 0.3) is 11.8 Å². The highest BCUT2D eigenvalue weighted by molar-refractivity contribution is 6.00. The van der Waals surface area contributed by atoms with E-state index in [2.05, 4.69) is 21.3 Å². The molecule has 19 nitrogen and oxygen atoms in total. The van der Waals surface area contributed by atoms with Crippen molar-refractivity contribution in [3.05, 3.63) is 35.4 Å². The van der Waals surface area contributed by atoms with Crippen LogP contribution in [0.25, 0.3) is 0 Å². The van der Waals surface area contributed by atoms with Crippen molar-refractivity contribution in [1.29, 1.82) is 0 Å². The molecule has 54 heavy (non-hydrogen) atoms. The van der Waals surface area contributed by atoms with Crippen molar-refractivity contribution >= 4 is 47.3 Å². The van der Waals surface area contributed by atoms with Gasteiger partial charge in [0.1, 0.15) is 0 Å². The number of primary amides is 1. The summed E-state index contributed by atoms with van der Waals surface area (Å²) in [6.07, 6.45) is 4.71. The molecular formula is C35H56N8O11. The molecule has 0 aliphatic carbocycles. The number of nitrogens with zero attached hydrogens (tertiary/aromatic N) is 3. The molecule has 0 aromatic heterocycles. The zero-order valence-corrected chi connectivity index (χ0v) is 31.0. The van der Waals surface area contributed by atoms with E-state index < -0.39 is 29.5 Å². The van der Waals surface area contributed by atoms with E-state index in [-0.39, 0.29) is 80.7 Å². The summed E-state index contributed by atoms with van der Waals surface area (Å²) in [5.74, 6) is -3.90. The Bertz CT molecular complexity index is 1390. The van der Waals surface area contributed by atoms with Gasteiger partial charge in [-0.2, -0.15) is 0 Å². The van der Waals surface area contributed by atoms with Gasteiger partial charge in [-0.25, -0.2) is 15.2 Å². The number of hydrogen-bond donors (Lipinski definition) is 8. The van der Waals surface area contributed by atoms with Crippen LogP contribution >= 0.6 is 0 Å². The molecule has 0 unspecified atom stereocenters. The monoisotopic (exact) mass is 764 g/mol. The van der Waals surface area contributed by atoms with Crippen molar-refractivity contribution in [3.8, 4) is 0 Å². The molecule has 9 N–H and O–H groups in total. The number of rotatable bonds is 28. The van der Waals surface area contributed by atoms with Crippen molar-refractivity contribution in [2.24, 2.45) is 5.73 Å². The van der Waals surface area contributed by atoms with Crippen LogP contribution in [-0.2, 0) is 28.8 Å². The lowest BCUT2D eigenvalue weighted by Crippen LogP contribution is -2.33. The Hall–Kier alpha value is -5.14. The SMILES string of the molecule is CC(=O)N(O)CCCCCNC(=O)CCC(=O)N(O)CCCCCNC(=O)CCC(=O)N(O)CCCCCNC(=O)c1cccc(C(=O)NCC(N)=O)c1. The summed E-state index contributed by atoms with van der Waals surface area (Å²) in [5.41, 5.74) is 5.49. The second-order valence-corrected chi connectivity index (χ2v) is 12.5. The highest BCUT2D eigenvalue weighted by atomic mass is 16.5. The van der Waals surface area contributed by atoms with Crippen molar-refractivity contribution in [2.75, 3.05) is 45.8 Å². The first-order valence-electron chi connectivity index (χ1n) is 18.1. The summed E-state index contributed by atoms with van der Waals surface area (Å²) in [6.45, 7) is 2.35. The lowest BCUT2D eigenvalue weighted by molar-refractivity contribution is -0.166. The predicted molar refractivity (Wildman–Crippen MR) is 193 cm³/mol. The standard InChI is InChI=1S/C35H56N8O11/c1-26(44)41(52)21-8-2-5-18-37-30(46)14-16-32(48)42(53)22-9-3-6-19-38-31(47)15-17-33(49)43(54)23-10-4-7-20-39-34(50)27-12-11-13-28(24-27)35(51)40-25-29(36)45/h11-13,24,52-54H,2-10,14-23,25H2,1H3,(H2,36,45)(H,37,46)(H,38,47)(H,39,50)(H,40,51). The first kappa shape index (κ1) is 46.9. The van der Waals surface area contributed by atoms with Crippen LogP contribution in [0.15, 0.2) is 24.3 Å². The van der Waals surface area contributed by atoms with Crippen LogP contribution < -0.4 is 27.0 Å². The summed E-state index contributed by atoms with van der Waals surface area (Å²) in [7, 11) is 0. The first-order chi connectivity index (χ1) is 25.7. The smallest absolute Gasteiger partial charge is 0.251 e. The minimum Gasteiger partial charge on any atom is -0.368 e. The van der Waals surface area contributed by atoms with Crippen LogP contribution in [-0.4, -0.2) is 124 Å². The average molecular weight is 765 g/mol. The van der Waals surface area contributed by atoms with Crippen molar-refractivity contribution < 1.29 is 54.0 Å². The molecule has 0 spiro atoms. The maximum absolute atomic E-state index is 12.4. The fourth-order valence-electron chi connectivity index (χ4n) is 4.80. The van der Waals surface area contributed by atoms with Crippen LogP contribution in [0.3, 0.4) is 0 Å². The van der Waals surface area contributed by atoms with Crippen molar-refractivity contribution in [1.82, 2.24) is 36.5 Å². The molecule has 19 heteroatoms. The molecule has 0 bridgehead atoms. The van der Waals surface area contributed by atoms with E-state index in [1.165, 1.54) is 19.1 Å². The Morgan fingerprint density at radius 1 is 0.556 bits per heavy atom. The Morgan fingerprint density at radius 2 is 0.963 bits per heavy atom. The van der Waals surface area contributed by atoms with Crippen LogP contribution in [0.4, 0.5) is 0 Å². The van der Waals surface area contributed by atoms with E-state index >= 15 is 0 Å². The van der Waals surface area contributed by atoms with Crippen LogP contribution in [0.1, 0.15) is 111 Å². The summed E-state index contributed by atoms with van der Waals surface area (Å²) in [5, 5.41) is 41.5. The van der Waals surface area contributed by atoms with Gasteiger partial charge in [-0.1, -0.05) is 6.07 Å². The molecule has 0 radical (unpaired) electrons. The average Bonchev–Trinajstić information content (AvgIpc) is 3.15. The third kappa shape index (κ3) is 22.0. The van der Waals surface area contributed by atoms with Gasteiger partial charge in [-0.05, 0) is 76.0 Å². The number of nitrogens with one attached hydrogen (secondary N) is 4. The largest absolute Gasteiger partial charge is 0.368 e. The van der Waals surface area contributed by atoms with E-state index in [4.69, 9.17) is 5.73 Å². The Kier molecular flexibility index (Phi) is 23.8. The molecular weight excluding hydrogens is 708 g/mol. The topological polar surface area (TPSA) is 281 Å². The summed E-state index contributed by atoms with van der Waals surface area (Å²) < 4.78 is 0. The van der Waals surface area contributed by atoms with Crippen molar-refractivity contribution in [2.45, 2.75) is 90.4 Å². The molecule has 0 saturated heterocycles. The van der Waals surface area contributed by atoms with Crippen LogP contribution in [0.2, 0.25) is 0 Å². The molecule has 1 aromatic carbocycles. The second kappa shape index (κ2) is 27.5. The number of carbonyl (C=O) groups is 8. The van der Waals surface area contributed by atoms with Gasteiger partial charge < -0.3 is 27.0 Å². The molecule has 0 aliphatic heterocycles. The molecule has 0 aliphatic rings. The summed E-state index contributed by atoms with van der Waals surface area (Å²) in [4.78, 5) is 94.6. The maximum Gasteiger partial charge on any atom is 0.251 e. The van der Waals surface area contributed by atoms with E-state index in [1.54, 1.807) is 12.1 Å². The summed E-state index contributed by atoms with van der Waals surface area (Å²) >= 11 is 0. The molecule has 0 saturated carbocycles. The number of hydrogen-bond acceptors (Lipinski definition) is 11. The third-order valence-corrected chi connectivity index (χ3v) is 7.95. The van der Waals surface area contributed by atoms with Gasteiger partial charge >= 0.3 is 0 Å². The van der Waals surface area contributed by atoms with Gasteiger partial charge in [0, 0.05) is 83.0 Å². The van der Waals surface area contributed by atoms with Gasteiger partial charge in [0.2, 0.25) is 35.4 Å². The van der Waals surface area contributed by atoms with E-state index in [0.29, 0.717) is 92.6 Å². The quantitative estimate of drug-likeness (QED) is 0.0332. The highest BCUT2D eigenvalue weighted by Crippen LogP contribution is 2.07. The van der Waals surface area contributed by atoms with E-state index in [0.717, 1.165) is 0 Å². The number of hydroxylamine groups is 6. The molecule has 0 fully saturated rings. The molecule has 8 amide bonds. The molecule has 1 rings (SSSR count). The zero-order valence-electron chi connectivity index (χ0n) is 31.0. The Morgan fingerprint density at radius 3 is 1.39 bits per heavy atom. The van der Waals surface area contributed by atoms with Gasteiger partial charge in [0.15, 0.2) is 0 Å². The Labute approximate surface area is 314 Å². The summed E-state index contributed by atoms with van der Waals surface area (Å²) in [6, 6.07) is 5.98. The zero-order chi connectivity index (χ0) is 40.3. The first-order valence-corrected chi connectivity index (χ1v) is 18.1. The lowest BCUT2D eigenvalue weighted by Gasteiger charge is -2.15. The number of nitrogens with two attached hydrogens (primary N) is 1. The minimum absolute atomic E-state index is 0.0606. The molecule has 1 aromatic rings. The molecule has 302 valence electrons. The van der Waals surface area contributed by atoms with E-state index in [9.17, 15) is 54.0 Å². The normalized spacial score (nSPS) is 10.5. The Balaban J connectivity index is 2.08. The molecule has 0 heterocycles. The van der Waals surface area contributed by atoms with Gasteiger partial charge in [-0.3, -0.25) is 54.0 Å². The van der Waals surface area contributed by atoms with E-state index in [1.807, 2.05) is 0 Å². The maximum atomic E-state index is 12.4. The van der Waals surface area contributed by atoms with Gasteiger partial charge in [-0.15, -0.1) is 0 Å². The molecule has 0 atom stereocenters. The lowest BCUT2D eigenvalue weighted by atomic mass is 10.1. The van der Waals surface area contributed by atoms with Crippen LogP contribution in [0.5, 0.6) is 0 Å². The van der Waals surface area contributed by atoms with Crippen molar-refractivity contribution in [3.63, 3.8) is 0 Å². The number of amides is 8. The fourth-order valence-corrected chi connectivity index (χ4v) is 4.80. The fraction of sp³-hybridized carbons (Fsp3) is 0.600. The number of benzene rings is 1. The van der Waals surface area contributed by atoms with Gasteiger partial charge in [0.05, 0.1) is 6.54 Å². The van der Waals surface area contributed by atoms with Crippen LogP contribution in [0, 0.1) is 0 Å². The second-order valence-electron chi connectivity index (χ2n) is 12.5. The minimum atomic E-state index is -0.690. The number of unbranched alkanes of at least 4 members (excludes halogenated alkanes) is 6. The number of carbonyl (C=O) groups excluding carboxylic acids is 8. The highest BCUT2D eigenvalue weighted by Gasteiger charge is 2.15. The third-order valence-electron chi connectivity index (χ3n) is 7.95. The predicted octanol–water partition coefficient (Wildman–Crippen LogP) is 0.609.